The predicted octanol–water partition coefficient (Wildman–Crippen LogP) is 0.740. The average Bonchev–Trinajstić information content (AvgIpc) is 2.63. The molecule has 0 bridgehead atoms. The lowest BCUT2D eigenvalue weighted by molar-refractivity contribution is -0.131. The van der Waals surface area contributed by atoms with Crippen molar-refractivity contribution < 1.29 is 19.2 Å². The van der Waals surface area contributed by atoms with Crippen molar-refractivity contribution in [1.29, 1.82) is 0 Å². The molecule has 0 saturated carbocycles. The number of carbonyl (C=O) groups is 3. The Balaban J connectivity index is 1.88. The molecule has 0 atom stereocenters. The first kappa shape index (κ1) is 13.2. The van der Waals surface area contributed by atoms with Crippen LogP contribution in [0.1, 0.15) is 34.1 Å². The number of fused-ring (bicyclic) bond motifs is 1. The number of carbonyl (C=O) groups excluding carboxylic acids is 3. The zero-order chi connectivity index (χ0) is 13.8. The minimum Gasteiger partial charge on any atom is -0.274 e. The Hall–Kier alpha value is -2.21. The molecule has 2 rings (SSSR count). The van der Waals surface area contributed by atoms with E-state index in [1.54, 1.807) is 24.3 Å². The second-order valence-corrected chi connectivity index (χ2v) is 4.17. The average molecular weight is 262 g/mol. The summed E-state index contributed by atoms with van der Waals surface area (Å²) >= 11 is 0. The van der Waals surface area contributed by atoms with Crippen molar-refractivity contribution in [3.05, 3.63) is 35.4 Å². The monoisotopic (exact) mass is 262 g/mol. The molecule has 0 radical (unpaired) electrons. The van der Waals surface area contributed by atoms with Gasteiger partial charge in [0.05, 0.1) is 17.7 Å². The Labute approximate surface area is 110 Å². The van der Waals surface area contributed by atoms with Crippen LogP contribution in [0.25, 0.3) is 0 Å². The smallest absolute Gasteiger partial charge is 0.261 e. The summed E-state index contributed by atoms with van der Waals surface area (Å²) in [4.78, 5) is 40.6. The Kier molecular flexibility index (Phi) is 3.91. The molecular weight excluding hydrogens is 248 g/mol. The number of rotatable bonds is 5. The van der Waals surface area contributed by atoms with Crippen LogP contribution in [0.15, 0.2) is 24.3 Å². The van der Waals surface area contributed by atoms with Crippen LogP contribution in [0.3, 0.4) is 0 Å². The molecule has 1 aliphatic heterocycles. The SMILES string of the molecule is CC(=O)NOCCCN1C(=O)c2ccccc2C1=O. The van der Waals surface area contributed by atoms with Crippen LogP contribution in [0.2, 0.25) is 0 Å². The van der Waals surface area contributed by atoms with Gasteiger partial charge in [-0.05, 0) is 18.6 Å². The molecule has 0 fully saturated rings. The van der Waals surface area contributed by atoms with Gasteiger partial charge in [-0.2, -0.15) is 0 Å². The minimum atomic E-state index is -0.291. The Bertz CT molecular complexity index is 492. The molecular formula is C13H14N2O4. The van der Waals surface area contributed by atoms with Crippen molar-refractivity contribution in [2.24, 2.45) is 0 Å². The molecule has 0 aliphatic carbocycles. The highest BCUT2D eigenvalue weighted by molar-refractivity contribution is 6.21. The van der Waals surface area contributed by atoms with Gasteiger partial charge in [-0.25, -0.2) is 5.48 Å². The van der Waals surface area contributed by atoms with E-state index < -0.39 is 0 Å². The number of nitrogens with one attached hydrogen (secondary N) is 1. The van der Waals surface area contributed by atoms with Gasteiger partial charge in [-0.15, -0.1) is 0 Å². The maximum Gasteiger partial charge on any atom is 0.261 e. The quantitative estimate of drug-likeness (QED) is 0.482. The van der Waals surface area contributed by atoms with Gasteiger partial charge in [0, 0.05) is 13.5 Å². The third-order valence-electron chi connectivity index (χ3n) is 2.72. The van der Waals surface area contributed by atoms with Crippen LogP contribution in [0.4, 0.5) is 0 Å². The van der Waals surface area contributed by atoms with E-state index in [1.807, 2.05) is 0 Å². The molecule has 0 aromatic heterocycles. The number of hydrogen-bond acceptors (Lipinski definition) is 4. The first-order valence-corrected chi connectivity index (χ1v) is 5.95. The van der Waals surface area contributed by atoms with Crippen LogP contribution in [-0.4, -0.2) is 35.8 Å². The van der Waals surface area contributed by atoms with Gasteiger partial charge >= 0.3 is 0 Å². The number of amides is 3. The topological polar surface area (TPSA) is 75.7 Å². The summed E-state index contributed by atoms with van der Waals surface area (Å²) in [5, 5.41) is 0. The third-order valence-corrected chi connectivity index (χ3v) is 2.72. The van der Waals surface area contributed by atoms with Crippen molar-refractivity contribution in [3.8, 4) is 0 Å². The standard InChI is InChI=1S/C13H14N2O4/c1-9(16)14-19-8-4-7-15-12(17)10-5-2-3-6-11(10)13(15)18/h2-3,5-6H,4,7-8H2,1H3,(H,14,16). The zero-order valence-corrected chi connectivity index (χ0v) is 10.5. The molecule has 0 spiro atoms. The Morgan fingerprint density at radius 1 is 1.21 bits per heavy atom. The number of imide groups is 1. The van der Waals surface area contributed by atoms with Crippen LogP contribution >= 0.6 is 0 Å². The van der Waals surface area contributed by atoms with Crippen LogP contribution in [-0.2, 0) is 9.63 Å². The fraction of sp³-hybridized carbons (Fsp3) is 0.308. The molecule has 19 heavy (non-hydrogen) atoms. The van der Waals surface area contributed by atoms with Gasteiger partial charge < -0.3 is 0 Å². The lowest BCUT2D eigenvalue weighted by Crippen LogP contribution is -2.32. The summed E-state index contributed by atoms with van der Waals surface area (Å²) < 4.78 is 0. The summed E-state index contributed by atoms with van der Waals surface area (Å²) in [5.74, 6) is -0.846. The highest BCUT2D eigenvalue weighted by atomic mass is 16.6. The van der Waals surface area contributed by atoms with Gasteiger partial charge in [0.25, 0.3) is 11.8 Å². The van der Waals surface area contributed by atoms with E-state index in [1.165, 1.54) is 11.8 Å². The minimum absolute atomic E-state index is 0.243. The van der Waals surface area contributed by atoms with Crippen LogP contribution in [0.5, 0.6) is 0 Å². The van der Waals surface area contributed by atoms with Crippen LogP contribution in [0, 0.1) is 0 Å². The maximum atomic E-state index is 12.0. The number of hydrogen-bond donors (Lipinski definition) is 1. The van der Waals surface area contributed by atoms with E-state index in [2.05, 4.69) is 5.48 Å². The lowest BCUT2D eigenvalue weighted by Gasteiger charge is -2.13. The highest BCUT2D eigenvalue weighted by Gasteiger charge is 2.34. The van der Waals surface area contributed by atoms with Crippen molar-refractivity contribution in [1.82, 2.24) is 10.4 Å². The zero-order valence-electron chi connectivity index (χ0n) is 10.5. The molecule has 100 valence electrons. The first-order chi connectivity index (χ1) is 9.11. The molecule has 1 aliphatic rings. The molecule has 1 aromatic rings. The third kappa shape index (κ3) is 2.79. The van der Waals surface area contributed by atoms with E-state index in [9.17, 15) is 14.4 Å². The second kappa shape index (κ2) is 5.62. The van der Waals surface area contributed by atoms with Gasteiger partial charge in [0.15, 0.2) is 0 Å². The first-order valence-electron chi connectivity index (χ1n) is 5.95. The summed E-state index contributed by atoms with van der Waals surface area (Å²) in [6, 6.07) is 6.74. The van der Waals surface area contributed by atoms with E-state index in [-0.39, 0.29) is 30.9 Å². The van der Waals surface area contributed by atoms with Crippen molar-refractivity contribution in [2.75, 3.05) is 13.2 Å². The summed E-state index contributed by atoms with van der Waals surface area (Å²) in [7, 11) is 0. The van der Waals surface area contributed by atoms with Gasteiger partial charge in [0.2, 0.25) is 5.91 Å². The van der Waals surface area contributed by atoms with Gasteiger partial charge in [-0.3, -0.25) is 24.1 Å². The predicted molar refractivity (Wildman–Crippen MR) is 66.2 cm³/mol. The van der Waals surface area contributed by atoms with Gasteiger partial charge in [-0.1, -0.05) is 12.1 Å². The molecule has 0 unspecified atom stereocenters. The van der Waals surface area contributed by atoms with Crippen molar-refractivity contribution in [3.63, 3.8) is 0 Å². The highest BCUT2D eigenvalue weighted by Crippen LogP contribution is 2.22. The molecule has 0 saturated heterocycles. The fourth-order valence-electron chi connectivity index (χ4n) is 1.89. The molecule has 1 aromatic carbocycles. The van der Waals surface area contributed by atoms with Crippen molar-refractivity contribution in [2.45, 2.75) is 13.3 Å². The fourth-order valence-corrected chi connectivity index (χ4v) is 1.89. The summed E-state index contributed by atoms with van der Waals surface area (Å²) in [5.41, 5.74) is 3.06. The molecule has 6 nitrogen and oxygen atoms in total. The van der Waals surface area contributed by atoms with Crippen molar-refractivity contribution >= 4 is 17.7 Å². The van der Waals surface area contributed by atoms with E-state index >= 15 is 0 Å². The molecule has 6 heteroatoms. The number of benzene rings is 1. The Morgan fingerprint density at radius 3 is 2.32 bits per heavy atom. The summed E-state index contributed by atoms with van der Waals surface area (Å²) in [6.45, 7) is 1.85. The molecule has 3 amide bonds. The second-order valence-electron chi connectivity index (χ2n) is 4.17. The van der Waals surface area contributed by atoms with Gasteiger partial charge in [0.1, 0.15) is 0 Å². The lowest BCUT2D eigenvalue weighted by atomic mass is 10.1. The van der Waals surface area contributed by atoms with E-state index in [4.69, 9.17) is 4.84 Å². The maximum absolute atomic E-state index is 12.0. The van der Waals surface area contributed by atoms with E-state index in [0.717, 1.165) is 0 Å². The molecule has 1 heterocycles. The number of hydroxylamine groups is 1. The van der Waals surface area contributed by atoms with E-state index in [0.29, 0.717) is 17.5 Å². The normalized spacial score (nSPS) is 13.6. The molecule has 1 N–H and O–H groups in total. The summed E-state index contributed by atoms with van der Waals surface area (Å²) in [6.07, 6.45) is 0.464. The Morgan fingerprint density at radius 2 is 1.79 bits per heavy atom. The van der Waals surface area contributed by atoms with Crippen LogP contribution < -0.4 is 5.48 Å². The number of nitrogens with zero attached hydrogens (tertiary/aromatic N) is 1. The largest absolute Gasteiger partial charge is 0.274 e.